The summed E-state index contributed by atoms with van der Waals surface area (Å²) in [4.78, 5) is 0. The number of hydrogen-bond acceptors (Lipinski definition) is 6. The molecule has 0 aliphatic carbocycles. The van der Waals surface area contributed by atoms with E-state index in [-0.39, 0.29) is 11.1 Å². The Balaban J connectivity index is 1.42. The number of phenolic OH excluding ortho intramolecular Hbond substituents is 5. The van der Waals surface area contributed by atoms with Gasteiger partial charge in [0, 0.05) is 16.3 Å². The van der Waals surface area contributed by atoms with Crippen LogP contribution in [-0.2, 0) is 0 Å². The zero-order chi connectivity index (χ0) is 32.7. The molecule has 230 valence electrons. The minimum Gasteiger partial charge on any atom is -0.504 e. The van der Waals surface area contributed by atoms with Gasteiger partial charge in [0.15, 0.2) is 11.5 Å². The van der Waals surface area contributed by atoms with Crippen LogP contribution in [0.15, 0.2) is 132 Å². The summed E-state index contributed by atoms with van der Waals surface area (Å²) >= 11 is 0. The molecule has 5 N–H and O–H groups in total. The predicted octanol–water partition coefficient (Wildman–Crippen LogP) is 10.6. The van der Waals surface area contributed by atoms with Gasteiger partial charge in [0.1, 0.15) is 11.2 Å². The van der Waals surface area contributed by atoms with Gasteiger partial charge in [0.25, 0.3) is 0 Å². The molecule has 0 atom stereocenters. The van der Waals surface area contributed by atoms with Gasteiger partial charge in [-0.2, -0.15) is 0 Å². The first-order valence-corrected chi connectivity index (χ1v) is 15.5. The zero-order valence-electron chi connectivity index (χ0n) is 25.3. The first-order valence-electron chi connectivity index (χ1n) is 15.5. The molecular weight excluding hydrogens is 600 g/mol. The Morgan fingerprint density at radius 3 is 1.52 bits per heavy atom. The average molecular weight is 627 g/mol. The third-order valence-corrected chi connectivity index (χ3v) is 9.41. The van der Waals surface area contributed by atoms with Crippen LogP contribution in [0.5, 0.6) is 28.7 Å². The molecule has 0 saturated heterocycles. The smallest absolute Gasteiger partial charge is 0.208 e. The van der Waals surface area contributed by atoms with Gasteiger partial charge in [0.05, 0.1) is 5.56 Å². The van der Waals surface area contributed by atoms with E-state index in [1.54, 1.807) is 6.07 Å². The first-order chi connectivity index (χ1) is 23.4. The summed E-state index contributed by atoms with van der Waals surface area (Å²) in [5.41, 5.74) is 4.96. The van der Waals surface area contributed by atoms with Crippen LogP contribution in [0.1, 0.15) is 0 Å². The van der Waals surface area contributed by atoms with Crippen molar-refractivity contribution in [1.82, 2.24) is 0 Å². The van der Waals surface area contributed by atoms with E-state index in [1.165, 1.54) is 5.39 Å². The van der Waals surface area contributed by atoms with Crippen LogP contribution in [-0.4, -0.2) is 25.5 Å². The van der Waals surface area contributed by atoms with E-state index in [9.17, 15) is 25.5 Å². The standard InChI is InChI=1S/C42H26O6/c43-37-36(38(44)40(46)41(47)39(37)45)31-20-19-30(35-29-15-7-8-16-32(29)48-42(31)35)34-27-13-5-3-11-25(27)33(26-12-4-6-14-28(26)34)24-18-17-22-9-1-2-10-23(22)21-24/h1-21,43-47H. The van der Waals surface area contributed by atoms with E-state index < -0.39 is 28.7 Å². The van der Waals surface area contributed by atoms with Crippen LogP contribution in [0.4, 0.5) is 0 Å². The van der Waals surface area contributed by atoms with Gasteiger partial charge in [-0.3, -0.25) is 0 Å². The lowest BCUT2D eigenvalue weighted by Crippen LogP contribution is -1.92. The summed E-state index contributed by atoms with van der Waals surface area (Å²) in [7, 11) is 0. The van der Waals surface area contributed by atoms with Gasteiger partial charge in [0.2, 0.25) is 17.2 Å². The number of rotatable bonds is 3. The number of aromatic hydroxyl groups is 5. The van der Waals surface area contributed by atoms with E-state index in [4.69, 9.17) is 4.42 Å². The minimum absolute atomic E-state index is 0.229. The van der Waals surface area contributed by atoms with E-state index in [0.29, 0.717) is 11.2 Å². The Morgan fingerprint density at radius 1 is 0.375 bits per heavy atom. The predicted molar refractivity (Wildman–Crippen MR) is 191 cm³/mol. The molecule has 0 unspecified atom stereocenters. The second-order valence-electron chi connectivity index (χ2n) is 12.0. The van der Waals surface area contributed by atoms with Crippen LogP contribution in [0.2, 0.25) is 0 Å². The fraction of sp³-hybridized carbons (Fsp3) is 0. The molecule has 1 aromatic heterocycles. The van der Waals surface area contributed by atoms with Crippen molar-refractivity contribution >= 4 is 54.3 Å². The van der Waals surface area contributed by atoms with Gasteiger partial charge in [-0.25, -0.2) is 0 Å². The van der Waals surface area contributed by atoms with Crippen LogP contribution >= 0.6 is 0 Å². The maximum atomic E-state index is 10.9. The lowest BCUT2D eigenvalue weighted by molar-refractivity contribution is 0.330. The summed E-state index contributed by atoms with van der Waals surface area (Å²) in [6.45, 7) is 0. The highest BCUT2D eigenvalue weighted by Crippen LogP contribution is 2.57. The second-order valence-corrected chi connectivity index (χ2v) is 12.0. The third-order valence-electron chi connectivity index (χ3n) is 9.41. The second kappa shape index (κ2) is 10.2. The SMILES string of the molecule is Oc1c(O)c(O)c(-c2ccc(-c3c4ccccc4c(-c4ccc5ccccc5c4)c4ccccc34)c3c2oc2ccccc23)c(O)c1O. The summed E-state index contributed by atoms with van der Waals surface area (Å²) in [6.07, 6.45) is 0. The van der Waals surface area contributed by atoms with E-state index in [0.717, 1.165) is 60.0 Å². The normalized spacial score (nSPS) is 11.8. The molecule has 9 rings (SSSR count). The number of phenols is 5. The van der Waals surface area contributed by atoms with Crippen molar-refractivity contribution in [2.45, 2.75) is 0 Å². The molecule has 1 heterocycles. The Kier molecular flexibility index (Phi) is 5.86. The number of benzene rings is 8. The molecule has 0 radical (unpaired) electrons. The molecular formula is C42H26O6. The summed E-state index contributed by atoms with van der Waals surface area (Å²) in [5.74, 6) is -4.48. The molecule has 0 amide bonds. The van der Waals surface area contributed by atoms with Gasteiger partial charge in [-0.15, -0.1) is 0 Å². The van der Waals surface area contributed by atoms with Crippen LogP contribution in [0, 0.1) is 0 Å². The third kappa shape index (κ3) is 3.80. The van der Waals surface area contributed by atoms with Gasteiger partial charge in [-0.05, 0) is 72.8 Å². The van der Waals surface area contributed by atoms with Crippen LogP contribution in [0.25, 0.3) is 87.6 Å². The minimum atomic E-state index is -1.02. The fourth-order valence-corrected chi connectivity index (χ4v) is 7.25. The molecule has 6 nitrogen and oxygen atoms in total. The molecule has 48 heavy (non-hydrogen) atoms. The molecule has 0 aliphatic heterocycles. The molecule has 0 aliphatic rings. The number of hydrogen-bond donors (Lipinski definition) is 5. The maximum Gasteiger partial charge on any atom is 0.208 e. The topological polar surface area (TPSA) is 114 Å². The number of fused-ring (bicyclic) bond motifs is 6. The molecule has 8 aromatic carbocycles. The largest absolute Gasteiger partial charge is 0.504 e. The molecule has 0 spiro atoms. The van der Waals surface area contributed by atoms with Crippen LogP contribution in [0.3, 0.4) is 0 Å². The van der Waals surface area contributed by atoms with Crippen molar-refractivity contribution < 1.29 is 29.9 Å². The Labute approximate surface area is 273 Å². The maximum absolute atomic E-state index is 10.9. The molecule has 0 bridgehead atoms. The average Bonchev–Trinajstić information content (AvgIpc) is 3.52. The van der Waals surface area contributed by atoms with Crippen molar-refractivity contribution in [3.05, 3.63) is 127 Å². The van der Waals surface area contributed by atoms with Crippen molar-refractivity contribution in [3.63, 3.8) is 0 Å². The summed E-state index contributed by atoms with van der Waals surface area (Å²) < 4.78 is 6.43. The van der Waals surface area contributed by atoms with Crippen molar-refractivity contribution in [2.75, 3.05) is 0 Å². The van der Waals surface area contributed by atoms with E-state index in [2.05, 4.69) is 60.7 Å². The van der Waals surface area contributed by atoms with Crippen LogP contribution < -0.4 is 0 Å². The van der Waals surface area contributed by atoms with Crippen molar-refractivity contribution in [1.29, 1.82) is 0 Å². The first kappa shape index (κ1) is 27.6. The summed E-state index contributed by atoms with van der Waals surface area (Å²) in [6, 6.07) is 42.8. The highest BCUT2D eigenvalue weighted by atomic mass is 16.4. The summed E-state index contributed by atoms with van der Waals surface area (Å²) in [5, 5.41) is 60.8. The molecule has 0 saturated carbocycles. The zero-order valence-corrected chi connectivity index (χ0v) is 25.3. The fourth-order valence-electron chi connectivity index (χ4n) is 7.25. The molecule has 0 fully saturated rings. The van der Waals surface area contributed by atoms with Gasteiger partial charge < -0.3 is 29.9 Å². The quantitative estimate of drug-likeness (QED) is 0.0757. The highest BCUT2D eigenvalue weighted by Gasteiger charge is 2.28. The lowest BCUT2D eigenvalue weighted by atomic mass is 9.84. The Hall–Kier alpha value is -6.66. The van der Waals surface area contributed by atoms with Gasteiger partial charge >= 0.3 is 0 Å². The highest BCUT2D eigenvalue weighted by molar-refractivity contribution is 6.27. The molecule has 6 heteroatoms. The molecule has 9 aromatic rings. The number of furan rings is 1. The van der Waals surface area contributed by atoms with Crippen molar-refractivity contribution in [3.8, 4) is 62.1 Å². The lowest BCUT2D eigenvalue weighted by Gasteiger charge is -2.19. The van der Waals surface area contributed by atoms with E-state index in [1.807, 2.05) is 60.7 Å². The van der Waals surface area contributed by atoms with Crippen molar-refractivity contribution in [2.24, 2.45) is 0 Å². The van der Waals surface area contributed by atoms with E-state index >= 15 is 0 Å². The number of para-hydroxylation sites is 1. The van der Waals surface area contributed by atoms with Gasteiger partial charge in [-0.1, -0.05) is 109 Å². The Morgan fingerprint density at radius 2 is 0.875 bits per heavy atom. The monoisotopic (exact) mass is 626 g/mol. The Bertz CT molecular complexity index is 2710.